The van der Waals surface area contributed by atoms with Gasteiger partial charge < -0.3 is 21.1 Å². The number of unbranched alkanes of at least 4 members (excludes halogenated alkanes) is 1. The first kappa shape index (κ1) is 18.6. The summed E-state index contributed by atoms with van der Waals surface area (Å²) in [5.74, 6) is -0.642. The monoisotopic (exact) mass is 333 g/mol. The Morgan fingerprint density at radius 1 is 1.13 bits per heavy atom. The van der Waals surface area contributed by atoms with E-state index in [1.54, 1.807) is 6.07 Å². The Bertz CT molecular complexity index is 535. The van der Waals surface area contributed by atoms with Gasteiger partial charge >= 0.3 is 12.4 Å². The molecule has 3 amide bonds. The molecule has 0 aliphatic heterocycles. The van der Waals surface area contributed by atoms with Crippen molar-refractivity contribution in [2.45, 2.75) is 32.2 Å². The number of para-hydroxylation sites is 1. The zero-order valence-corrected chi connectivity index (χ0v) is 12.3. The quantitative estimate of drug-likeness (QED) is 0.636. The zero-order chi connectivity index (χ0) is 17.3. The van der Waals surface area contributed by atoms with Crippen molar-refractivity contribution in [3.63, 3.8) is 0 Å². The Hall–Kier alpha value is -2.45. The number of amides is 3. The minimum atomic E-state index is -4.78. The second-order valence-corrected chi connectivity index (χ2v) is 4.68. The average Bonchev–Trinajstić information content (AvgIpc) is 2.44. The van der Waals surface area contributed by atoms with Crippen molar-refractivity contribution in [3.8, 4) is 5.75 Å². The maximum atomic E-state index is 12.3. The fourth-order valence-corrected chi connectivity index (χ4v) is 1.78. The number of alkyl halides is 3. The molecule has 0 fully saturated rings. The summed E-state index contributed by atoms with van der Waals surface area (Å²) in [5, 5.41) is 4.92. The number of carbonyl (C=O) groups excluding carboxylic acids is 2. The van der Waals surface area contributed by atoms with Gasteiger partial charge in [-0.25, -0.2) is 4.79 Å². The molecule has 128 valence electrons. The third-order valence-electron chi connectivity index (χ3n) is 2.80. The predicted molar refractivity (Wildman–Crippen MR) is 76.4 cm³/mol. The maximum absolute atomic E-state index is 12.3. The Morgan fingerprint density at radius 3 is 2.48 bits per heavy atom. The van der Waals surface area contributed by atoms with Gasteiger partial charge in [-0.05, 0) is 18.9 Å². The van der Waals surface area contributed by atoms with Gasteiger partial charge in [-0.2, -0.15) is 0 Å². The highest BCUT2D eigenvalue weighted by atomic mass is 19.4. The minimum Gasteiger partial charge on any atom is -0.405 e. The van der Waals surface area contributed by atoms with E-state index in [-0.39, 0.29) is 30.2 Å². The molecule has 1 aromatic rings. The first-order valence-electron chi connectivity index (χ1n) is 6.91. The van der Waals surface area contributed by atoms with Gasteiger partial charge in [0.1, 0.15) is 5.75 Å². The molecule has 9 heteroatoms. The van der Waals surface area contributed by atoms with Crippen molar-refractivity contribution in [1.82, 2.24) is 10.6 Å². The normalized spacial score (nSPS) is 10.9. The van der Waals surface area contributed by atoms with Crippen LogP contribution in [0.2, 0.25) is 0 Å². The lowest BCUT2D eigenvalue weighted by molar-refractivity contribution is -0.274. The first-order chi connectivity index (χ1) is 10.8. The molecule has 0 aliphatic rings. The molecular formula is C14H18F3N3O3. The van der Waals surface area contributed by atoms with Crippen LogP contribution in [-0.2, 0) is 11.3 Å². The molecule has 0 atom stereocenters. The summed E-state index contributed by atoms with van der Waals surface area (Å²) in [4.78, 5) is 22.1. The van der Waals surface area contributed by atoms with Gasteiger partial charge in [-0.1, -0.05) is 18.2 Å². The summed E-state index contributed by atoms with van der Waals surface area (Å²) in [6.45, 7) is 0.301. The van der Waals surface area contributed by atoms with Crippen LogP contribution < -0.4 is 21.1 Å². The number of primary amides is 1. The number of nitrogens with one attached hydrogen (secondary N) is 2. The summed E-state index contributed by atoms with van der Waals surface area (Å²) in [7, 11) is 0. The van der Waals surface area contributed by atoms with Crippen LogP contribution in [0.3, 0.4) is 0 Å². The third kappa shape index (κ3) is 8.54. The average molecular weight is 333 g/mol. The minimum absolute atomic E-state index is 0.0649. The largest absolute Gasteiger partial charge is 0.573 e. The molecule has 0 heterocycles. The number of urea groups is 1. The number of ether oxygens (including phenoxy) is 1. The van der Waals surface area contributed by atoms with Gasteiger partial charge in [-0.3, -0.25) is 4.79 Å². The smallest absolute Gasteiger partial charge is 0.405 e. The number of hydrogen-bond acceptors (Lipinski definition) is 3. The molecule has 0 unspecified atom stereocenters. The van der Waals surface area contributed by atoms with E-state index in [0.29, 0.717) is 19.4 Å². The van der Waals surface area contributed by atoms with Crippen molar-refractivity contribution < 1.29 is 27.5 Å². The predicted octanol–water partition coefficient (Wildman–Crippen LogP) is 2.04. The second-order valence-electron chi connectivity index (χ2n) is 4.68. The molecule has 0 spiro atoms. The van der Waals surface area contributed by atoms with Crippen LogP contribution in [0, 0.1) is 0 Å². The van der Waals surface area contributed by atoms with E-state index >= 15 is 0 Å². The number of carbonyl (C=O) groups is 2. The van der Waals surface area contributed by atoms with Crippen molar-refractivity contribution in [2.24, 2.45) is 5.73 Å². The van der Waals surface area contributed by atoms with Gasteiger partial charge in [0.15, 0.2) is 0 Å². The van der Waals surface area contributed by atoms with E-state index in [4.69, 9.17) is 5.73 Å². The number of benzene rings is 1. The molecule has 0 aromatic heterocycles. The second kappa shape index (κ2) is 8.86. The van der Waals surface area contributed by atoms with Gasteiger partial charge in [0.25, 0.3) is 0 Å². The van der Waals surface area contributed by atoms with Crippen molar-refractivity contribution >= 4 is 11.9 Å². The van der Waals surface area contributed by atoms with E-state index < -0.39 is 12.4 Å². The van der Waals surface area contributed by atoms with Gasteiger partial charge in [0.05, 0.1) is 0 Å². The Balaban J connectivity index is 2.37. The number of rotatable bonds is 8. The summed E-state index contributed by atoms with van der Waals surface area (Å²) >= 11 is 0. The molecule has 1 aromatic carbocycles. The summed E-state index contributed by atoms with van der Waals surface area (Å²) in [5.41, 5.74) is 5.11. The highest BCUT2D eigenvalue weighted by Gasteiger charge is 2.31. The third-order valence-corrected chi connectivity index (χ3v) is 2.80. The van der Waals surface area contributed by atoms with Gasteiger partial charge in [0.2, 0.25) is 5.91 Å². The molecule has 0 bridgehead atoms. The lowest BCUT2D eigenvalue weighted by Crippen LogP contribution is -2.30. The summed E-state index contributed by atoms with van der Waals surface area (Å²) in [6.07, 6.45) is -3.49. The summed E-state index contributed by atoms with van der Waals surface area (Å²) in [6, 6.07) is 4.97. The van der Waals surface area contributed by atoms with E-state index in [1.807, 2.05) is 0 Å². The zero-order valence-electron chi connectivity index (χ0n) is 12.3. The maximum Gasteiger partial charge on any atom is 0.573 e. The van der Waals surface area contributed by atoms with Crippen LogP contribution >= 0.6 is 0 Å². The lowest BCUT2D eigenvalue weighted by Gasteiger charge is -2.13. The highest BCUT2D eigenvalue weighted by Crippen LogP contribution is 2.26. The van der Waals surface area contributed by atoms with E-state index in [9.17, 15) is 22.8 Å². The topological polar surface area (TPSA) is 93.5 Å². The molecule has 0 radical (unpaired) electrons. The summed E-state index contributed by atoms with van der Waals surface area (Å²) < 4.78 is 40.7. The van der Waals surface area contributed by atoms with Gasteiger partial charge in [-0.15, -0.1) is 13.2 Å². The molecule has 0 saturated heterocycles. The van der Waals surface area contributed by atoms with Crippen LogP contribution in [0.1, 0.15) is 24.8 Å². The molecule has 4 N–H and O–H groups in total. The highest BCUT2D eigenvalue weighted by molar-refractivity contribution is 5.76. The van der Waals surface area contributed by atoms with Crippen molar-refractivity contribution in [3.05, 3.63) is 29.8 Å². The number of nitrogens with two attached hydrogens (primary N) is 1. The number of halogens is 3. The van der Waals surface area contributed by atoms with E-state index in [0.717, 1.165) is 0 Å². The number of hydrogen-bond donors (Lipinski definition) is 3. The first-order valence-corrected chi connectivity index (χ1v) is 6.91. The van der Waals surface area contributed by atoms with E-state index in [1.165, 1.54) is 18.2 Å². The molecule has 6 nitrogen and oxygen atoms in total. The molecule has 0 aliphatic carbocycles. The van der Waals surface area contributed by atoms with Crippen LogP contribution in [0.4, 0.5) is 18.0 Å². The Labute approximate surface area is 131 Å². The fraction of sp³-hybridized carbons (Fsp3) is 0.429. The van der Waals surface area contributed by atoms with E-state index in [2.05, 4.69) is 15.4 Å². The molecule has 0 saturated carbocycles. The van der Waals surface area contributed by atoms with Crippen LogP contribution in [0.5, 0.6) is 5.75 Å². The van der Waals surface area contributed by atoms with Crippen molar-refractivity contribution in [2.75, 3.05) is 6.54 Å². The van der Waals surface area contributed by atoms with Crippen LogP contribution in [0.25, 0.3) is 0 Å². The molecular weight excluding hydrogens is 315 g/mol. The van der Waals surface area contributed by atoms with Crippen molar-refractivity contribution in [1.29, 1.82) is 0 Å². The molecule has 1 rings (SSSR count). The van der Waals surface area contributed by atoms with Gasteiger partial charge in [0, 0.05) is 25.1 Å². The fourth-order valence-electron chi connectivity index (χ4n) is 1.78. The van der Waals surface area contributed by atoms with Crippen LogP contribution in [-0.4, -0.2) is 24.8 Å². The Kier molecular flexibility index (Phi) is 7.17. The van der Waals surface area contributed by atoms with Crippen LogP contribution in [0.15, 0.2) is 24.3 Å². The SMILES string of the molecule is NC(=O)NCCCCC(=O)NCc1ccccc1OC(F)(F)F. The lowest BCUT2D eigenvalue weighted by atomic mass is 10.2. The standard InChI is InChI=1S/C14H18F3N3O3/c15-14(16,17)23-11-6-2-1-5-10(11)9-20-12(21)7-3-4-8-19-13(18)22/h1-2,5-6H,3-4,7-9H2,(H,20,21)(H3,18,19,22). The molecule has 23 heavy (non-hydrogen) atoms. The Morgan fingerprint density at radius 2 is 1.83 bits per heavy atom.